The van der Waals surface area contributed by atoms with E-state index in [1.54, 1.807) is 12.0 Å². The Labute approximate surface area is 154 Å². The van der Waals surface area contributed by atoms with Gasteiger partial charge in [-0.05, 0) is 49.1 Å². The molecule has 5 heteroatoms. The number of rotatable bonds is 6. The lowest BCUT2D eigenvalue weighted by Gasteiger charge is -2.22. The van der Waals surface area contributed by atoms with Gasteiger partial charge in [-0.3, -0.25) is 9.59 Å². The van der Waals surface area contributed by atoms with Gasteiger partial charge in [0, 0.05) is 18.3 Å². The molecule has 2 aromatic rings. The van der Waals surface area contributed by atoms with E-state index in [0.717, 1.165) is 29.0 Å². The van der Waals surface area contributed by atoms with Crippen LogP contribution in [0.2, 0.25) is 0 Å². The van der Waals surface area contributed by atoms with E-state index in [2.05, 4.69) is 5.32 Å². The molecule has 2 amide bonds. The van der Waals surface area contributed by atoms with Crippen LogP contribution in [-0.2, 0) is 22.4 Å². The normalized spacial score (nSPS) is 15.5. The third kappa shape index (κ3) is 4.04. The van der Waals surface area contributed by atoms with E-state index in [1.807, 2.05) is 55.5 Å². The lowest BCUT2D eigenvalue weighted by Crippen LogP contribution is -2.39. The predicted molar refractivity (Wildman–Crippen MR) is 101 cm³/mol. The molecule has 0 aliphatic carbocycles. The first-order valence-corrected chi connectivity index (χ1v) is 8.88. The van der Waals surface area contributed by atoms with E-state index >= 15 is 0 Å². The molecule has 26 heavy (non-hydrogen) atoms. The SMILES string of the molecule is COc1ccc(CCNC(=O)CC(=O)N2c3ccccc3CC2C)cc1. The van der Waals surface area contributed by atoms with Crippen LogP contribution >= 0.6 is 0 Å². The summed E-state index contributed by atoms with van der Waals surface area (Å²) < 4.78 is 5.13. The number of fused-ring (bicyclic) bond motifs is 1. The Kier molecular flexibility index (Phi) is 5.56. The summed E-state index contributed by atoms with van der Waals surface area (Å²) in [6.45, 7) is 2.52. The van der Waals surface area contributed by atoms with Gasteiger partial charge in [-0.2, -0.15) is 0 Å². The minimum Gasteiger partial charge on any atom is -0.497 e. The van der Waals surface area contributed by atoms with E-state index in [0.29, 0.717) is 13.0 Å². The molecule has 1 atom stereocenters. The number of nitrogens with zero attached hydrogens (tertiary/aromatic N) is 1. The van der Waals surface area contributed by atoms with Crippen molar-refractivity contribution in [3.63, 3.8) is 0 Å². The van der Waals surface area contributed by atoms with Crippen molar-refractivity contribution in [3.8, 4) is 5.75 Å². The van der Waals surface area contributed by atoms with Crippen molar-refractivity contribution in [2.24, 2.45) is 0 Å². The monoisotopic (exact) mass is 352 g/mol. The van der Waals surface area contributed by atoms with Crippen LogP contribution in [0.15, 0.2) is 48.5 Å². The Morgan fingerprint density at radius 2 is 1.88 bits per heavy atom. The molecule has 0 aromatic heterocycles. The Morgan fingerprint density at radius 1 is 1.15 bits per heavy atom. The van der Waals surface area contributed by atoms with Gasteiger partial charge < -0.3 is 15.0 Å². The number of carbonyl (C=O) groups excluding carboxylic acids is 2. The van der Waals surface area contributed by atoms with Crippen molar-refractivity contribution in [2.75, 3.05) is 18.6 Å². The van der Waals surface area contributed by atoms with Crippen molar-refractivity contribution in [1.82, 2.24) is 5.32 Å². The molecule has 1 heterocycles. The van der Waals surface area contributed by atoms with Crippen molar-refractivity contribution in [3.05, 3.63) is 59.7 Å². The number of nitrogens with one attached hydrogen (secondary N) is 1. The molecule has 136 valence electrons. The highest BCUT2D eigenvalue weighted by molar-refractivity contribution is 6.06. The largest absolute Gasteiger partial charge is 0.497 e. The van der Waals surface area contributed by atoms with E-state index in [9.17, 15) is 9.59 Å². The van der Waals surface area contributed by atoms with Crippen LogP contribution in [0.3, 0.4) is 0 Å². The first kappa shape index (κ1) is 18.0. The number of anilines is 1. The Hall–Kier alpha value is -2.82. The van der Waals surface area contributed by atoms with E-state index in [4.69, 9.17) is 4.74 Å². The van der Waals surface area contributed by atoms with Gasteiger partial charge in [-0.25, -0.2) is 0 Å². The van der Waals surface area contributed by atoms with Crippen molar-refractivity contribution in [1.29, 1.82) is 0 Å². The molecule has 0 saturated heterocycles. The lowest BCUT2D eigenvalue weighted by atomic mass is 10.1. The number of benzene rings is 2. The van der Waals surface area contributed by atoms with Crippen LogP contribution in [0.25, 0.3) is 0 Å². The second-order valence-electron chi connectivity index (χ2n) is 6.57. The highest BCUT2D eigenvalue weighted by Gasteiger charge is 2.31. The summed E-state index contributed by atoms with van der Waals surface area (Å²) in [7, 11) is 1.63. The van der Waals surface area contributed by atoms with Gasteiger partial charge in [-0.1, -0.05) is 30.3 Å². The number of methoxy groups -OCH3 is 1. The predicted octanol–water partition coefficient (Wildman–Crippen LogP) is 2.72. The van der Waals surface area contributed by atoms with E-state index < -0.39 is 0 Å². The zero-order valence-corrected chi connectivity index (χ0v) is 15.2. The zero-order chi connectivity index (χ0) is 18.5. The molecular formula is C21H24N2O3. The minimum atomic E-state index is -0.236. The molecule has 1 aliphatic heterocycles. The molecule has 2 aromatic carbocycles. The molecular weight excluding hydrogens is 328 g/mol. The van der Waals surface area contributed by atoms with Gasteiger partial charge in [0.05, 0.1) is 7.11 Å². The summed E-state index contributed by atoms with van der Waals surface area (Å²) in [6, 6.07) is 15.7. The van der Waals surface area contributed by atoms with Crippen molar-refractivity contribution >= 4 is 17.5 Å². The average molecular weight is 352 g/mol. The number of carbonyl (C=O) groups is 2. The number of hydrogen-bond donors (Lipinski definition) is 1. The third-order valence-electron chi connectivity index (χ3n) is 4.68. The van der Waals surface area contributed by atoms with Crippen LogP contribution < -0.4 is 15.0 Å². The van der Waals surface area contributed by atoms with Gasteiger partial charge in [0.2, 0.25) is 11.8 Å². The summed E-state index contributed by atoms with van der Waals surface area (Å²) in [4.78, 5) is 26.5. The molecule has 0 fully saturated rings. The van der Waals surface area contributed by atoms with Gasteiger partial charge in [0.15, 0.2) is 0 Å². The molecule has 3 rings (SSSR count). The molecule has 1 unspecified atom stereocenters. The molecule has 0 radical (unpaired) electrons. The molecule has 0 spiro atoms. The van der Waals surface area contributed by atoms with Crippen LogP contribution in [0.4, 0.5) is 5.69 Å². The van der Waals surface area contributed by atoms with Crippen LogP contribution in [-0.4, -0.2) is 31.5 Å². The summed E-state index contributed by atoms with van der Waals surface area (Å²) in [5.74, 6) is 0.424. The average Bonchev–Trinajstić information content (AvgIpc) is 2.98. The summed E-state index contributed by atoms with van der Waals surface area (Å²) >= 11 is 0. The van der Waals surface area contributed by atoms with Gasteiger partial charge in [0.1, 0.15) is 12.2 Å². The first-order valence-electron chi connectivity index (χ1n) is 8.88. The second kappa shape index (κ2) is 8.04. The highest BCUT2D eigenvalue weighted by Crippen LogP contribution is 2.32. The number of ether oxygens (including phenoxy) is 1. The Balaban J connectivity index is 1.49. The van der Waals surface area contributed by atoms with Gasteiger partial charge >= 0.3 is 0 Å². The standard InChI is InChI=1S/C21H24N2O3/c1-15-13-17-5-3-4-6-19(17)23(15)21(25)14-20(24)22-12-11-16-7-9-18(26-2)10-8-16/h3-10,15H,11-14H2,1-2H3,(H,22,24). The maximum absolute atomic E-state index is 12.6. The molecule has 0 saturated carbocycles. The van der Waals surface area contributed by atoms with Crippen LogP contribution in [0.1, 0.15) is 24.5 Å². The zero-order valence-electron chi connectivity index (χ0n) is 15.2. The van der Waals surface area contributed by atoms with Crippen LogP contribution in [0.5, 0.6) is 5.75 Å². The van der Waals surface area contributed by atoms with Gasteiger partial charge in [0.25, 0.3) is 0 Å². The maximum Gasteiger partial charge on any atom is 0.236 e. The first-order chi connectivity index (χ1) is 12.6. The minimum absolute atomic E-state index is 0.0898. The maximum atomic E-state index is 12.6. The smallest absolute Gasteiger partial charge is 0.236 e. The molecule has 1 aliphatic rings. The lowest BCUT2D eigenvalue weighted by molar-refractivity contribution is -0.128. The fourth-order valence-electron chi connectivity index (χ4n) is 3.37. The second-order valence-corrected chi connectivity index (χ2v) is 6.57. The quantitative estimate of drug-likeness (QED) is 0.813. The molecule has 5 nitrogen and oxygen atoms in total. The van der Waals surface area contributed by atoms with Crippen LogP contribution in [0, 0.1) is 0 Å². The van der Waals surface area contributed by atoms with Gasteiger partial charge in [-0.15, -0.1) is 0 Å². The highest BCUT2D eigenvalue weighted by atomic mass is 16.5. The summed E-state index contributed by atoms with van der Waals surface area (Å²) in [6.07, 6.45) is 1.43. The van der Waals surface area contributed by atoms with Crippen molar-refractivity contribution in [2.45, 2.75) is 32.2 Å². The fraction of sp³-hybridized carbons (Fsp3) is 0.333. The fourth-order valence-corrected chi connectivity index (χ4v) is 3.37. The summed E-state index contributed by atoms with van der Waals surface area (Å²) in [5, 5.41) is 2.84. The topological polar surface area (TPSA) is 58.6 Å². The summed E-state index contributed by atoms with van der Waals surface area (Å²) in [5.41, 5.74) is 3.20. The number of hydrogen-bond acceptors (Lipinski definition) is 3. The number of para-hydroxylation sites is 1. The third-order valence-corrected chi connectivity index (χ3v) is 4.68. The number of amides is 2. The van der Waals surface area contributed by atoms with Crippen molar-refractivity contribution < 1.29 is 14.3 Å². The molecule has 1 N–H and O–H groups in total. The van der Waals surface area contributed by atoms with E-state index in [1.165, 1.54) is 0 Å². The van der Waals surface area contributed by atoms with E-state index in [-0.39, 0.29) is 24.3 Å². The molecule has 0 bridgehead atoms. The Morgan fingerprint density at radius 3 is 2.62 bits per heavy atom. The Bertz CT molecular complexity index is 786.